The average molecular weight is 437 g/mol. The molecule has 168 valence electrons. The molecule has 6 nitrogen and oxygen atoms in total. The van der Waals surface area contributed by atoms with E-state index in [9.17, 15) is 14.0 Å². The molecule has 1 aromatic heterocycles. The van der Waals surface area contributed by atoms with E-state index < -0.39 is 0 Å². The lowest BCUT2D eigenvalue weighted by atomic mass is 10.0. The van der Waals surface area contributed by atoms with Crippen LogP contribution in [0, 0.1) is 5.82 Å². The van der Waals surface area contributed by atoms with Crippen molar-refractivity contribution in [1.82, 2.24) is 14.8 Å². The number of unbranched alkanes of at least 4 members (excludes halogenated alkanes) is 3. The molecule has 3 heterocycles. The van der Waals surface area contributed by atoms with Gasteiger partial charge in [-0.15, -0.1) is 0 Å². The Morgan fingerprint density at radius 1 is 0.875 bits per heavy atom. The van der Waals surface area contributed by atoms with Gasteiger partial charge in [0.2, 0.25) is 0 Å². The Hall–Kier alpha value is -3.22. The highest BCUT2D eigenvalue weighted by Gasteiger charge is 2.41. The molecule has 0 radical (unpaired) electrons. The topological polar surface area (TPSA) is 56.8 Å². The molecule has 0 aliphatic carbocycles. The zero-order chi connectivity index (χ0) is 22.5. The van der Waals surface area contributed by atoms with Gasteiger partial charge >= 0.3 is 0 Å². The molecule has 0 atom stereocenters. The van der Waals surface area contributed by atoms with Crippen LogP contribution in [0.1, 0.15) is 38.2 Å². The van der Waals surface area contributed by atoms with Gasteiger partial charge in [-0.3, -0.25) is 14.5 Å². The number of hydrogen-bond donors (Lipinski definition) is 0. The van der Waals surface area contributed by atoms with E-state index in [4.69, 9.17) is 0 Å². The molecule has 2 aliphatic heterocycles. The number of anilines is 1. The van der Waals surface area contributed by atoms with Gasteiger partial charge in [-0.1, -0.05) is 44.4 Å². The minimum Gasteiger partial charge on any atom is -0.363 e. The third-order valence-corrected chi connectivity index (χ3v) is 6.08. The normalized spacial score (nSPS) is 17.0. The highest BCUT2D eigenvalue weighted by atomic mass is 19.1. The molecule has 1 saturated heterocycles. The van der Waals surface area contributed by atoms with E-state index in [0.29, 0.717) is 49.6 Å². The van der Waals surface area contributed by atoms with Gasteiger partial charge < -0.3 is 9.80 Å². The molecule has 0 bridgehead atoms. The molecule has 1 fully saturated rings. The Balaban J connectivity index is 1.57. The van der Waals surface area contributed by atoms with Crippen molar-refractivity contribution in [3.05, 3.63) is 65.7 Å². The highest BCUT2D eigenvalue weighted by molar-refractivity contribution is 6.35. The summed E-state index contributed by atoms with van der Waals surface area (Å²) in [4.78, 5) is 36.7. The number of amides is 2. The minimum absolute atomic E-state index is 0.239. The molecule has 2 amide bonds. The Morgan fingerprint density at radius 2 is 1.59 bits per heavy atom. The number of benzene rings is 1. The summed E-state index contributed by atoms with van der Waals surface area (Å²) in [5.41, 5.74) is 1.41. The first-order chi connectivity index (χ1) is 15.6. The second-order valence-electron chi connectivity index (χ2n) is 8.22. The number of halogens is 1. The van der Waals surface area contributed by atoms with Gasteiger partial charge in [-0.25, -0.2) is 9.37 Å². The quantitative estimate of drug-likeness (QED) is 0.467. The standard InChI is InChI=1S/C25H29FN4O2/c1-2-3-4-7-14-30-24(31)22(19-9-11-20(26)12-10-19)23(25(30)32)29-17-15-28(16-18-29)21-8-5-6-13-27-21/h5-6,8-13H,2-4,7,14-18H2,1H3. The van der Waals surface area contributed by atoms with Crippen LogP contribution in [-0.4, -0.2) is 59.3 Å². The summed E-state index contributed by atoms with van der Waals surface area (Å²) in [6.07, 6.45) is 5.72. The van der Waals surface area contributed by atoms with Crippen LogP contribution in [0.3, 0.4) is 0 Å². The maximum atomic E-state index is 13.5. The Bertz CT molecular complexity index is 983. The average Bonchev–Trinajstić information content (AvgIpc) is 3.07. The molecule has 2 aliphatic rings. The van der Waals surface area contributed by atoms with Crippen LogP contribution in [0.2, 0.25) is 0 Å². The predicted octanol–water partition coefficient (Wildman–Crippen LogP) is 3.70. The lowest BCUT2D eigenvalue weighted by molar-refractivity contribution is -0.137. The van der Waals surface area contributed by atoms with E-state index in [-0.39, 0.29) is 17.6 Å². The molecular formula is C25H29FN4O2. The monoisotopic (exact) mass is 436 g/mol. The second kappa shape index (κ2) is 9.94. The highest BCUT2D eigenvalue weighted by Crippen LogP contribution is 2.33. The van der Waals surface area contributed by atoms with E-state index in [1.807, 2.05) is 23.1 Å². The molecule has 0 saturated carbocycles. The number of pyridine rings is 1. The van der Waals surface area contributed by atoms with Crippen molar-refractivity contribution in [2.75, 3.05) is 37.6 Å². The molecule has 4 rings (SSSR count). The summed E-state index contributed by atoms with van der Waals surface area (Å²) in [6, 6.07) is 11.7. The fraction of sp³-hybridized carbons (Fsp3) is 0.400. The SMILES string of the molecule is CCCCCCN1C(=O)C(c2ccc(F)cc2)=C(N2CCN(c3ccccn3)CC2)C1=O. The van der Waals surface area contributed by atoms with Gasteiger partial charge in [-0.05, 0) is 36.2 Å². The largest absolute Gasteiger partial charge is 0.363 e. The summed E-state index contributed by atoms with van der Waals surface area (Å²) in [7, 11) is 0. The Kier molecular flexibility index (Phi) is 6.83. The van der Waals surface area contributed by atoms with Crippen LogP contribution in [-0.2, 0) is 9.59 Å². The molecule has 0 spiro atoms. The summed E-state index contributed by atoms with van der Waals surface area (Å²) >= 11 is 0. The van der Waals surface area contributed by atoms with Crippen molar-refractivity contribution in [3.63, 3.8) is 0 Å². The number of imide groups is 1. The van der Waals surface area contributed by atoms with Crippen molar-refractivity contribution in [1.29, 1.82) is 0 Å². The van der Waals surface area contributed by atoms with E-state index >= 15 is 0 Å². The van der Waals surface area contributed by atoms with Crippen LogP contribution in [0.5, 0.6) is 0 Å². The maximum Gasteiger partial charge on any atom is 0.277 e. The van der Waals surface area contributed by atoms with Gasteiger partial charge in [0.15, 0.2) is 0 Å². The second-order valence-corrected chi connectivity index (χ2v) is 8.22. The summed E-state index contributed by atoms with van der Waals surface area (Å²) in [6.45, 7) is 5.17. The fourth-order valence-corrected chi connectivity index (χ4v) is 4.33. The fourth-order valence-electron chi connectivity index (χ4n) is 4.33. The van der Waals surface area contributed by atoms with E-state index in [1.54, 1.807) is 18.3 Å². The molecule has 0 N–H and O–H groups in total. The van der Waals surface area contributed by atoms with Gasteiger partial charge in [0.05, 0.1) is 5.57 Å². The number of aromatic nitrogens is 1. The van der Waals surface area contributed by atoms with Crippen molar-refractivity contribution in [2.24, 2.45) is 0 Å². The maximum absolute atomic E-state index is 13.5. The molecular weight excluding hydrogens is 407 g/mol. The third-order valence-electron chi connectivity index (χ3n) is 6.08. The van der Waals surface area contributed by atoms with E-state index in [1.165, 1.54) is 17.0 Å². The van der Waals surface area contributed by atoms with Crippen molar-refractivity contribution >= 4 is 23.2 Å². The number of piperazine rings is 1. The summed E-state index contributed by atoms with van der Waals surface area (Å²) in [5, 5.41) is 0. The van der Waals surface area contributed by atoms with Crippen molar-refractivity contribution in [3.8, 4) is 0 Å². The zero-order valence-corrected chi connectivity index (χ0v) is 18.5. The van der Waals surface area contributed by atoms with Crippen LogP contribution in [0.25, 0.3) is 5.57 Å². The van der Waals surface area contributed by atoms with Crippen molar-refractivity contribution < 1.29 is 14.0 Å². The predicted molar refractivity (Wildman–Crippen MR) is 122 cm³/mol. The molecule has 1 aromatic carbocycles. The number of carbonyl (C=O) groups is 2. The van der Waals surface area contributed by atoms with Gasteiger partial charge in [0, 0.05) is 38.9 Å². The van der Waals surface area contributed by atoms with Crippen LogP contribution in [0.15, 0.2) is 54.4 Å². The lowest BCUT2D eigenvalue weighted by Gasteiger charge is -2.37. The zero-order valence-electron chi connectivity index (χ0n) is 18.5. The van der Waals surface area contributed by atoms with Gasteiger partial charge in [0.25, 0.3) is 11.8 Å². The van der Waals surface area contributed by atoms with Crippen LogP contribution in [0.4, 0.5) is 10.2 Å². The molecule has 7 heteroatoms. The van der Waals surface area contributed by atoms with Crippen molar-refractivity contribution in [2.45, 2.75) is 32.6 Å². The Labute approximate surface area is 188 Å². The van der Waals surface area contributed by atoms with E-state index in [0.717, 1.165) is 31.5 Å². The van der Waals surface area contributed by atoms with E-state index in [2.05, 4.69) is 16.8 Å². The minimum atomic E-state index is -0.368. The smallest absolute Gasteiger partial charge is 0.277 e. The lowest BCUT2D eigenvalue weighted by Crippen LogP contribution is -2.48. The van der Waals surface area contributed by atoms with Gasteiger partial charge in [0.1, 0.15) is 17.3 Å². The number of carbonyl (C=O) groups excluding carboxylic acids is 2. The summed E-state index contributed by atoms with van der Waals surface area (Å²) < 4.78 is 13.5. The molecule has 32 heavy (non-hydrogen) atoms. The van der Waals surface area contributed by atoms with Crippen LogP contribution < -0.4 is 4.90 Å². The van der Waals surface area contributed by atoms with Gasteiger partial charge in [-0.2, -0.15) is 0 Å². The molecule has 2 aromatic rings. The molecule has 0 unspecified atom stereocenters. The number of nitrogens with zero attached hydrogens (tertiary/aromatic N) is 4. The number of rotatable bonds is 8. The van der Waals surface area contributed by atoms with Crippen LogP contribution >= 0.6 is 0 Å². The first-order valence-electron chi connectivity index (χ1n) is 11.4. The number of hydrogen-bond acceptors (Lipinski definition) is 5. The summed E-state index contributed by atoms with van der Waals surface area (Å²) in [5.74, 6) is 0.0247. The first kappa shape index (κ1) is 22.0. The third kappa shape index (κ3) is 4.52. The Morgan fingerprint density at radius 3 is 2.25 bits per heavy atom. The first-order valence-corrected chi connectivity index (χ1v) is 11.4.